The molecule has 0 amide bonds. The van der Waals surface area contributed by atoms with E-state index >= 15 is 0 Å². The van der Waals surface area contributed by atoms with E-state index in [4.69, 9.17) is 10.5 Å². The molecule has 1 rings (SSSR count). The van der Waals surface area contributed by atoms with E-state index in [0.717, 1.165) is 36.5 Å². The summed E-state index contributed by atoms with van der Waals surface area (Å²) in [5.74, 6) is 0. The summed E-state index contributed by atoms with van der Waals surface area (Å²) < 4.78 is 5.40. The SMILES string of the molecule is C=CCCOCCNc1c(C)cccc1N. The van der Waals surface area contributed by atoms with Gasteiger partial charge in [-0.2, -0.15) is 0 Å². The maximum Gasteiger partial charge on any atom is 0.0639 e. The number of hydrogen-bond donors (Lipinski definition) is 2. The molecule has 0 fully saturated rings. The van der Waals surface area contributed by atoms with Crippen molar-refractivity contribution in [2.24, 2.45) is 0 Å². The Morgan fingerprint density at radius 1 is 1.44 bits per heavy atom. The lowest BCUT2D eigenvalue weighted by molar-refractivity contribution is 0.149. The van der Waals surface area contributed by atoms with Crippen LogP contribution in [0.4, 0.5) is 11.4 Å². The lowest BCUT2D eigenvalue weighted by Gasteiger charge is -2.12. The molecule has 3 N–H and O–H groups in total. The maximum atomic E-state index is 5.87. The van der Waals surface area contributed by atoms with Gasteiger partial charge in [-0.3, -0.25) is 0 Å². The second kappa shape index (κ2) is 6.90. The van der Waals surface area contributed by atoms with Crippen LogP contribution >= 0.6 is 0 Å². The zero-order valence-electron chi connectivity index (χ0n) is 9.83. The van der Waals surface area contributed by atoms with Crippen LogP contribution in [0.1, 0.15) is 12.0 Å². The predicted octanol–water partition coefficient (Wildman–Crippen LogP) is 2.58. The molecule has 0 aliphatic rings. The van der Waals surface area contributed by atoms with Gasteiger partial charge in [0.2, 0.25) is 0 Å². The quantitative estimate of drug-likeness (QED) is 0.422. The van der Waals surface area contributed by atoms with Crippen LogP contribution < -0.4 is 11.1 Å². The molecule has 0 saturated heterocycles. The van der Waals surface area contributed by atoms with Gasteiger partial charge in [0.15, 0.2) is 0 Å². The van der Waals surface area contributed by atoms with Crippen molar-refractivity contribution < 1.29 is 4.74 Å². The monoisotopic (exact) mass is 220 g/mol. The molecule has 0 aliphatic heterocycles. The Hall–Kier alpha value is -1.48. The van der Waals surface area contributed by atoms with Crippen molar-refractivity contribution in [3.05, 3.63) is 36.4 Å². The number of hydrogen-bond acceptors (Lipinski definition) is 3. The van der Waals surface area contributed by atoms with Crippen LogP contribution in [0.15, 0.2) is 30.9 Å². The Labute approximate surface area is 97.3 Å². The summed E-state index contributed by atoms with van der Waals surface area (Å²) in [6.45, 7) is 7.86. The highest BCUT2D eigenvalue weighted by Gasteiger charge is 2.00. The lowest BCUT2D eigenvalue weighted by atomic mass is 10.1. The smallest absolute Gasteiger partial charge is 0.0639 e. The second-order valence-corrected chi connectivity index (χ2v) is 3.66. The fourth-order valence-corrected chi connectivity index (χ4v) is 1.45. The minimum atomic E-state index is 0.682. The first-order valence-electron chi connectivity index (χ1n) is 5.53. The minimum absolute atomic E-state index is 0.682. The van der Waals surface area contributed by atoms with E-state index in [9.17, 15) is 0 Å². The second-order valence-electron chi connectivity index (χ2n) is 3.66. The van der Waals surface area contributed by atoms with Crippen molar-refractivity contribution in [1.82, 2.24) is 0 Å². The van der Waals surface area contributed by atoms with Gasteiger partial charge in [0, 0.05) is 6.54 Å². The van der Waals surface area contributed by atoms with Crippen molar-refractivity contribution in [3.63, 3.8) is 0 Å². The molecule has 88 valence electrons. The van der Waals surface area contributed by atoms with Crippen molar-refractivity contribution in [2.75, 3.05) is 30.8 Å². The summed E-state index contributed by atoms with van der Waals surface area (Å²) in [7, 11) is 0. The van der Waals surface area contributed by atoms with E-state index in [2.05, 4.69) is 11.9 Å². The number of ether oxygens (including phenoxy) is 1. The third kappa shape index (κ3) is 3.95. The van der Waals surface area contributed by atoms with E-state index in [1.807, 2.05) is 31.2 Å². The van der Waals surface area contributed by atoms with Crippen LogP contribution in [-0.2, 0) is 4.74 Å². The lowest BCUT2D eigenvalue weighted by Crippen LogP contribution is -2.11. The van der Waals surface area contributed by atoms with Gasteiger partial charge in [-0.15, -0.1) is 6.58 Å². The first-order valence-corrected chi connectivity index (χ1v) is 5.53. The molecule has 3 heteroatoms. The number of aryl methyl sites for hydroxylation is 1. The van der Waals surface area contributed by atoms with E-state index < -0.39 is 0 Å². The summed E-state index contributed by atoms with van der Waals surface area (Å²) in [4.78, 5) is 0. The Morgan fingerprint density at radius 2 is 2.25 bits per heavy atom. The fourth-order valence-electron chi connectivity index (χ4n) is 1.45. The van der Waals surface area contributed by atoms with Crippen LogP contribution in [-0.4, -0.2) is 19.8 Å². The Morgan fingerprint density at radius 3 is 2.94 bits per heavy atom. The molecule has 0 saturated carbocycles. The molecule has 0 spiro atoms. The van der Waals surface area contributed by atoms with Crippen molar-refractivity contribution in [3.8, 4) is 0 Å². The Kier molecular flexibility index (Phi) is 5.43. The molecule has 0 aliphatic carbocycles. The molecular formula is C13H20N2O. The molecule has 0 bridgehead atoms. The average Bonchev–Trinajstić information content (AvgIpc) is 2.26. The molecule has 0 atom stereocenters. The third-order valence-corrected chi connectivity index (χ3v) is 2.32. The number of para-hydroxylation sites is 1. The van der Waals surface area contributed by atoms with Crippen LogP contribution in [0.3, 0.4) is 0 Å². The minimum Gasteiger partial charge on any atom is -0.397 e. The van der Waals surface area contributed by atoms with Crippen LogP contribution in [0.5, 0.6) is 0 Å². The number of anilines is 2. The number of nitrogens with one attached hydrogen (secondary N) is 1. The van der Waals surface area contributed by atoms with Crippen LogP contribution in [0, 0.1) is 6.92 Å². The Bertz CT molecular complexity index is 316. The number of rotatable bonds is 7. The normalized spacial score (nSPS) is 10.1. The van der Waals surface area contributed by atoms with Gasteiger partial charge in [0.25, 0.3) is 0 Å². The highest BCUT2D eigenvalue weighted by atomic mass is 16.5. The van der Waals surface area contributed by atoms with Gasteiger partial charge < -0.3 is 15.8 Å². The molecule has 1 aromatic carbocycles. The summed E-state index contributed by atoms with van der Waals surface area (Å²) in [5, 5.41) is 3.28. The largest absolute Gasteiger partial charge is 0.397 e. The first-order chi connectivity index (χ1) is 7.75. The van der Waals surface area contributed by atoms with Gasteiger partial charge in [-0.05, 0) is 25.0 Å². The maximum absolute atomic E-state index is 5.87. The fraction of sp³-hybridized carbons (Fsp3) is 0.385. The zero-order valence-corrected chi connectivity index (χ0v) is 9.83. The van der Waals surface area contributed by atoms with E-state index in [1.54, 1.807) is 0 Å². The highest BCUT2D eigenvalue weighted by Crippen LogP contribution is 2.21. The topological polar surface area (TPSA) is 47.3 Å². The van der Waals surface area contributed by atoms with Crippen LogP contribution in [0.25, 0.3) is 0 Å². The molecule has 0 radical (unpaired) electrons. The molecule has 0 aromatic heterocycles. The van der Waals surface area contributed by atoms with Gasteiger partial charge in [-0.25, -0.2) is 0 Å². The van der Waals surface area contributed by atoms with E-state index in [1.165, 1.54) is 0 Å². The van der Waals surface area contributed by atoms with Gasteiger partial charge in [0.1, 0.15) is 0 Å². The number of nitrogen functional groups attached to an aromatic ring is 1. The van der Waals surface area contributed by atoms with E-state index in [-0.39, 0.29) is 0 Å². The van der Waals surface area contributed by atoms with Crippen LogP contribution in [0.2, 0.25) is 0 Å². The van der Waals surface area contributed by atoms with Gasteiger partial charge in [0.05, 0.1) is 24.6 Å². The molecular weight excluding hydrogens is 200 g/mol. The molecule has 16 heavy (non-hydrogen) atoms. The van der Waals surface area contributed by atoms with Crippen molar-refractivity contribution in [1.29, 1.82) is 0 Å². The number of benzene rings is 1. The third-order valence-electron chi connectivity index (χ3n) is 2.32. The highest BCUT2D eigenvalue weighted by molar-refractivity contribution is 5.69. The average molecular weight is 220 g/mol. The Balaban J connectivity index is 2.29. The zero-order chi connectivity index (χ0) is 11.8. The molecule has 1 aromatic rings. The molecule has 0 unspecified atom stereocenters. The summed E-state index contributed by atoms with van der Waals surface area (Å²) in [6.07, 6.45) is 2.75. The van der Waals surface area contributed by atoms with E-state index in [0.29, 0.717) is 6.61 Å². The summed E-state index contributed by atoms with van der Waals surface area (Å²) >= 11 is 0. The predicted molar refractivity (Wildman–Crippen MR) is 69.7 cm³/mol. The van der Waals surface area contributed by atoms with Gasteiger partial charge in [-0.1, -0.05) is 18.2 Å². The molecule has 3 nitrogen and oxygen atoms in total. The first kappa shape index (κ1) is 12.6. The summed E-state index contributed by atoms with van der Waals surface area (Å²) in [5.41, 5.74) is 8.82. The summed E-state index contributed by atoms with van der Waals surface area (Å²) in [6, 6.07) is 5.89. The molecule has 0 heterocycles. The van der Waals surface area contributed by atoms with Crippen molar-refractivity contribution >= 4 is 11.4 Å². The van der Waals surface area contributed by atoms with Gasteiger partial charge >= 0.3 is 0 Å². The number of nitrogens with two attached hydrogens (primary N) is 1. The van der Waals surface area contributed by atoms with Crippen molar-refractivity contribution in [2.45, 2.75) is 13.3 Å². The standard InChI is InChI=1S/C13H20N2O/c1-3-4-9-16-10-8-15-13-11(2)6-5-7-12(13)14/h3,5-7,15H,1,4,8-10,14H2,2H3.